The molecule has 0 aromatic carbocycles. The van der Waals surface area contributed by atoms with Crippen LogP contribution in [0.15, 0.2) is 0 Å². The lowest BCUT2D eigenvalue weighted by atomic mass is 10.7. The van der Waals surface area contributed by atoms with Crippen molar-refractivity contribution in [3.8, 4) is 0 Å². The topological polar surface area (TPSA) is 96.0 Å². The van der Waals surface area contributed by atoms with Crippen LogP contribution in [0.3, 0.4) is 0 Å². The first-order chi connectivity index (χ1) is 4.36. The van der Waals surface area contributed by atoms with Crippen molar-refractivity contribution in [1.29, 1.82) is 0 Å². The fourth-order valence-electron chi connectivity index (χ4n) is 0. The number of carbonyl (C=O) groups is 1. The van der Waals surface area contributed by atoms with Gasteiger partial charge < -0.3 is 16.2 Å². The van der Waals surface area contributed by atoms with E-state index in [-0.39, 0.29) is 0 Å². The van der Waals surface area contributed by atoms with Gasteiger partial charge in [-0.25, -0.2) is 4.79 Å². The molecule has 0 heterocycles. The highest BCUT2D eigenvalue weighted by Crippen LogP contribution is 2.13. The Hall–Kier alpha value is -1.43. The molecule has 0 fully saturated rings. The lowest BCUT2D eigenvalue weighted by molar-refractivity contribution is -0.192. The van der Waals surface area contributed by atoms with Gasteiger partial charge in [0.2, 0.25) is 0 Å². The summed E-state index contributed by atoms with van der Waals surface area (Å²) >= 11 is 0. The summed E-state index contributed by atoms with van der Waals surface area (Å²) in [6.45, 7) is 0. The van der Waals surface area contributed by atoms with E-state index < -0.39 is 12.1 Å². The molecule has 0 unspecified atom stereocenters. The molecule has 0 saturated heterocycles. The molecule has 0 aromatic heterocycles. The molecule has 0 spiro atoms. The number of hydrogen-bond donors (Lipinski definition) is 1. The Kier molecular flexibility index (Phi) is 5.06. The van der Waals surface area contributed by atoms with Crippen LogP contribution in [-0.4, -0.2) is 17.3 Å². The maximum absolute atomic E-state index is 10.6. The molecule has 58 valence electrons. The Morgan fingerprint density at radius 2 is 1.50 bits per heavy atom. The molecule has 0 rings (SSSR count). The van der Waals surface area contributed by atoms with Gasteiger partial charge >= 0.3 is 12.1 Å². The highest BCUT2D eigenvalue weighted by atomic mass is 19.4. The zero-order valence-electron chi connectivity index (χ0n) is 4.33. The van der Waals surface area contributed by atoms with E-state index in [0.717, 1.165) is 0 Å². The molecule has 0 aromatic rings. The Bertz CT molecular complexity index is 146. The van der Waals surface area contributed by atoms with Gasteiger partial charge in [-0.2, -0.15) is 13.2 Å². The van der Waals surface area contributed by atoms with Crippen LogP contribution in [0.4, 0.5) is 13.2 Å². The molecule has 0 amide bonds. The average Bonchev–Trinajstić information content (AvgIpc) is 1.64. The largest absolute Gasteiger partial charge is 0.490 e. The summed E-state index contributed by atoms with van der Waals surface area (Å²) < 4.78 is 31.7. The van der Waals surface area contributed by atoms with Crippen LogP contribution in [0.2, 0.25) is 0 Å². The van der Waals surface area contributed by atoms with Crippen molar-refractivity contribution < 1.29 is 23.1 Å². The molecule has 10 heavy (non-hydrogen) atoms. The molecule has 0 aliphatic carbocycles. The molecule has 0 radical (unpaired) electrons. The second kappa shape index (κ2) is 4.45. The van der Waals surface area contributed by atoms with Crippen molar-refractivity contribution in [1.82, 2.24) is 0 Å². The number of carboxylic acids is 1. The molecular formula is C2HF3N3O2-. The minimum absolute atomic E-state index is 1.50. The Balaban J connectivity index is 0. The third-order valence-corrected chi connectivity index (χ3v) is 0.243. The number of halogens is 3. The Morgan fingerprint density at radius 3 is 1.50 bits per heavy atom. The third-order valence-electron chi connectivity index (χ3n) is 0.243. The SMILES string of the molecule is O=C(O)C(F)(F)F.[N-]=[N+]=[N-]. The van der Waals surface area contributed by atoms with Crippen LogP contribution in [-0.2, 0) is 4.79 Å². The van der Waals surface area contributed by atoms with Crippen LogP contribution < -0.4 is 0 Å². The lowest BCUT2D eigenvalue weighted by Crippen LogP contribution is -2.21. The van der Waals surface area contributed by atoms with Crippen LogP contribution >= 0.6 is 0 Å². The molecule has 1 N–H and O–H groups in total. The van der Waals surface area contributed by atoms with E-state index in [2.05, 4.69) is 0 Å². The Morgan fingerprint density at radius 1 is 1.40 bits per heavy atom. The fraction of sp³-hybridized carbons (Fsp3) is 0.500. The summed E-state index contributed by atoms with van der Waals surface area (Å²) in [5.41, 5.74) is 13.5. The fourth-order valence-corrected chi connectivity index (χ4v) is 0. The predicted molar refractivity (Wildman–Crippen MR) is 23.8 cm³/mol. The van der Waals surface area contributed by atoms with Gasteiger partial charge in [0, 0.05) is 0 Å². The van der Waals surface area contributed by atoms with Crippen molar-refractivity contribution in [3.63, 3.8) is 0 Å². The van der Waals surface area contributed by atoms with Crippen LogP contribution in [0.5, 0.6) is 0 Å². The maximum atomic E-state index is 10.6. The molecule has 0 atom stereocenters. The minimum Gasteiger partial charge on any atom is -0.475 e. The van der Waals surface area contributed by atoms with Gasteiger partial charge in [-0.1, -0.05) is 0 Å². The van der Waals surface area contributed by atoms with Crippen molar-refractivity contribution >= 4 is 5.97 Å². The summed E-state index contributed by atoms with van der Waals surface area (Å²) in [6.07, 6.45) is -5.08. The highest BCUT2D eigenvalue weighted by Gasteiger charge is 2.38. The molecule has 5 nitrogen and oxygen atoms in total. The average molecular weight is 156 g/mol. The van der Waals surface area contributed by atoms with E-state index in [4.69, 9.17) is 21.0 Å². The number of hydrogen-bond acceptors (Lipinski definition) is 1. The maximum Gasteiger partial charge on any atom is 0.490 e. The number of aliphatic carboxylic acids is 1. The van der Waals surface area contributed by atoms with E-state index in [0.29, 0.717) is 0 Å². The molecule has 0 aliphatic rings. The van der Waals surface area contributed by atoms with Crippen molar-refractivity contribution in [2.24, 2.45) is 0 Å². The number of rotatable bonds is 0. The van der Waals surface area contributed by atoms with E-state index in [9.17, 15) is 13.2 Å². The number of alkyl halides is 3. The van der Waals surface area contributed by atoms with Gasteiger partial charge in [-0.3, -0.25) is 4.91 Å². The molecule has 0 saturated carbocycles. The van der Waals surface area contributed by atoms with Gasteiger partial charge in [0.25, 0.3) is 0 Å². The molecule has 0 bridgehead atoms. The first-order valence-electron chi connectivity index (χ1n) is 1.64. The van der Waals surface area contributed by atoms with E-state index in [1.165, 1.54) is 4.91 Å². The first-order valence-corrected chi connectivity index (χ1v) is 1.64. The summed E-state index contributed by atoms with van der Waals surface area (Å²) in [7, 11) is 0. The van der Waals surface area contributed by atoms with E-state index in [1.807, 2.05) is 0 Å². The second-order valence-electron chi connectivity index (χ2n) is 0.892. The highest BCUT2D eigenvalue weighted by molar-refractivity contribution is 5.73. The van der Waals surface area contributed by atoms with E-state index in [1.54, 1.807) is 0 Å². The van der Waals surface area contributed by atoms with Crippen LogP contribution in [0.1, 0.15) is 0 Å². The zero-order chi connectivity index (χ0) is 8.78. The smallest absolute Gasteiger partial charge is 0.475 e. The summed E-state index contributed by atoms with van der Waals surface area (Å²) in [5.74, 6) is -2.76. The van der Waals surface area contributed by atoms with Gasteiger partial charge in [0.1, 0.15) is 0 Å². The summed E-state index contributed by atoms with van der Waals surface area (Å²) in [6, 6.07) is 0. The summed E-state index contributed by atoms with van der Waals surface area (Å²) in [5, 5.41) is 7.12. The van der Waals surface area contributed by atoms with E-state index >= 15 is 0 Å². The van der Waals surface area contributed by atoms with Crippen LogP contribution in [0.25, 0.3) is 16.0 Å². The van der Waals surface area contributed by atoms with Gasteiger partial charge in [0.05, 0.1) is 0 Å². The monoisotopic (exact) mass is 156 g/mol. The summed E-state index contributed by atoms with van der Waals surface area (Å²) in [4.78, 5) is 10.4. The third kappa shape index (κ3) is 9.76. The zero-order valence-corrected chi connectivity index (χ0v) is 4.33. The molecular weight excluding hydrogens is 155 g/mol. The van der Waals surface area contributed by atoms with Crippen molar-refractivity contribution in [2.75, 3.05) is 0 Å². The van der Waals surface area contributed by atoms with Gasteiger partial charge in [0.15, 0.2) is 0 Å². The van der Waals surface area contributed by atoms with Crippen molar-refractivity contribution in [3.05, 3.63) is 16.0 Å². The minimum atomic E-state index is -5.08. The first kappa shape index (κ1) is 11.4. The van der Waals surface area contributed by atoms with Gasteiger partial charge in [-0.05, 0) is 0 Å². The Labute approximate surface area is 52.5 Å². The quantitative estimate of drug-likeness (QED) is 0.326. The predicted octanol–water partition coefficient (Wildman–Crippen LogP) is 1.50. The number of carboxylic acid groups (broad SMARTS) is 1. The number of nitrogens with zero attached hydrogens (tertiary/aromatic N) is 3. The molecule has 0 aliphatic heterocycles. The normalized spacial score (nSPS) is 8.70. The second-order valence-corrected chi connectivity index (χ2v) is 0.892. The standard InChI is InChI=1S/C2HF3O2.N3/c3-2(4,5)1(6)7;1-3-2/h(H,6,7);/q;-1. The van der Waals surface area contributed by atoms with Crippen molar-refractivity contribution in [2.45, 2.75) is 6.18 Å². The lowest BCUT2D eigenvalue weighted by Gasteiger charge is -1.93. The molecule has 8 heteroatoms. The van der Waals surface area contributed by atoms with Crippen LogP contribution in [0, 0.1) is 0 Å². The van der Waals surface area contributed by atoms with Gasteiger partial charge in [-0.15, -0.1) is 0 Å².